The average Bonchev–Trinajstić information content (AvgIpc) is 3.28. The van der Waals surface area contributed by atoms with Crippen LogP contribution >= 0.6 is 0 Å². The second-order valence-corrected chi connectivity index (χ2v) is 8.80. The number of halogens is 4. The number of benzene rings is 2. The normalized spacial score (nSPS) is 14.4. The van der Waals surface area contributed by atoms with E-state index >= 15 is 0 Å². The molecule has 1 saturated heterocycles. The predicted molar refractivity (Wildman–Crippen MR) is 131 cm³/mol. The second kappa shape index (κ2) is 12.5. The first kappa shape index (κ1) is 28.6. The van der Waals surface area contributed by atoms with E-state index in [0.29, 0.717) is 17.6 Å². The Morgan fingerprint density at radius 3 is 2.37 bits per heavy atom. The van der Waals surface area contributed by atoms with E-state index in [1.54, 1.807) is 12.4 Å². The number of hydrogen-bond donors (Lipinski definition) is 1. The van der Waals surface area contributed by atoms with Crippen molar-refractivity contribution in [1.29, 1.82) is 0 Å². The molecule has 0 bridgehead atoms. The van der Waals surface area contributed by atoms with Crippen molar-refractivity contribution in [3.8, 4) is 22.8 Å². The molecule has 8 nitrogen and oxygen atoms in total. The molecule has 204 valence electrons. The molecule has 1 aliphatic rings. The first-order valence-corrected chi connectivity index (χ1v) is 11.7. The van der Waals surface area contributed by atoms with Gasteiger partial charge in [-0.1, -0.05) is 6.07 Å². The Morgan fingerprint density at radius 1 is 1.13 bits per heavy atom. The molecule has 38 heavy (non-hydrogen) atoms. The first-order chi connectivity index (χ1) is 17.9. The standard InChI is InChI=1S/C17H22N4O2.C9H6F4O2/c1-20-7-5-13(6-8-20)23-16-4-3-12(9-14(16)17(18)22)15-10-21(2)11-19-15;10-7-5-6(3-4-14)1-2-8(7)15-9(11,12)13/h3-4,9-11,13H,5-8H2,1-2H3,(H2,18,22);1-2,4-5H,3H2. The van der Waals surface area contributed by atoms with Gasteiger partial charge in [-0.15, -0.1) is 13.2 Å². The highest BCUT2D eigenvalue weighted by molar-refractivity contribution is 5.97. The summed E-state index contributed by atoms with van der Waals surface area (Å²) in [7, 11) is 4.01. The van der Waals surface area contributed by atoms with Crippen molar-refractivity contribution in [2.45, 2.75) is 31.7 Å². The Hall–Kier alpha value is -3.93. The molecule has 1 fully saturated rings. The number of rotatable bonds is 7. The van der Waals surface area contributed by atoms with E-state index in [-0.39, 0.29) is 18.1 Å². The van der Waals surface area contributed by atoms with Gasteiger partial charge < -0.3 is 29.5 Å². The number of likely N-dealkylation sites (tertiary alicyclic amines) is 1. The predicted octanol–water partition coefficient (Wildman–Crippen LogP) is 4.12. The molecule has 1 aliphatic heterocycles. The molecular weight excluding hydrogens is 508 g/mol. The number of nitrogens with two attached hydrogens (primary N) is 1. The Balaban J connectivity index is 0.000000232. The van der Waals surface area contributed by atoms with Crippen molar-refractivity contribution in [1.82, 2.24) is 14.5 Å². The lowest BCUT2D eigenvalue weighted by molar-refractivity contribution is -0.275. The zero-order valence-electron chi connectivity index (χ0n) is 20.9. The number of imidazole rings is 1. The molecular formula is C26H28F4N4O4. The lowest BCUT2D eigenvalue weighted by Gasteiger charge is -2.29. The summed E-state index contributed by atoms with van der Waals surface area (Å²) in [5, 5.41) is 0. The molecule has 3 aromatic rings. The number of amides is 1. The highest BCUT2D eigenvalue weighted by atomic mass is 19.4. The molecule has 0 saturated carbocycles. The summed E-state index contributed by atoms with van der Waals surface area (Å²) in [6, 6.07) is 8.35. The summed E-state index contributed by atoms with van der Waals surface area (Å²) in [6.45, 7) is 2.01. The molecule has 4 rings (SSSR count). The van der Waals surface area contributed by atoms with Gasteiger partial charge in [-0.25, -0.2) is 9.37 Å². The second-order valence-electron chi connectivity index (χ2n) is 8.80. The first-order valence-electron chi connectivity index (χ1n) is 11.7. The quantitative estimate of drug-likeness (QED) is 0.360. The molecule has 12 heteroatoms. The minimum atomic E-state index is -4.92. The summed E-state index contributed by atoms with van der Waals surface area (Å²) in [4.78, 5) is 28.5. The molecule has 0 atom stereocenters. The maximum absolute atomic E-state index is 13.0. The number of alkyl halides is 3. The van der Waals surface area contributed by atoms with E-state index in [1.807, 2.05) is 29.9 Å². The van der Waals surface area contributed by atoms with Crippen LogP contribution in [0.4, 0.5) is 17.6 Å². The minimum Gasteiger partial charge on any atom is -0.489 e. The van der Waals surface area contributed by atoms with Gasteiger partial charge in [-0.05, 0) is 55.8 Å². The Labute approximate surface area is 217 Å². The third-order valence-electron chi connectivity index (χ3n) is 5.75. The summed E-state index contributed by atoms with van der Waals surface area (Å²) >= 11 is 0. The van der Waals surface area contributed by atoms with E-state index in [9.17, 15) is 27.2 Å². The van der Waals surface area contributed by atoms with Crippen LogP contribution in [0.5, 0.6) is 11.5 Å². The van der Waals surface area contributed by atoms with Crippen LogP contribution in [0.1, 0.15) is 28.8 Å². The highest BCUT2D eigenvalue weighted by Crippen LogP contribution is 2.28. The lowest BCUT2D eigenvalue weighted by atomic mass is 10.1. The van der Waals surface area contributed by atoms with Gasteiger partial charge in [0.25, 0.3) is 5.91 Å². The smallest absolute Gasteiger partial charge is 0.489 e. The number of carbonyl (C=O) groups excluding carboxylic acids is 2. The maximum atomic E-state index is 13.0. The molecule has 0 spiro atoms. The Morgan fingerprint density at radius 2 is 1.82 bits per heavy atom. The van der Waals surface area contributed by atoms with Gasteiger partial charge >= 0.3 is 6.36 Å². The number of hydrogen-bond acceptors (Lipinski definition) is 6. The average molecular weight is 537 g/mol. The fourth-order valence-corrected chi connectivity index (χ4v) is 3.80. The number of aromatic nitrogens is 2. The number of nitrogens with zero attached hydrogens (tertiary/aromatic N) is 3. The maximum Gasteiger partial charge on any atom is 0.573 e. The van der Waals surface area contributed by atoms with Crippen molar-refractivity contribution in [2.24, 2.45) is 12.8 Å². The van der Waals surface area contributed by atoms with Crippen molar-refractivity contribution in [3.63, 3.8) is 0 Å². The molecule has 0 unspecified atom stereocenters. The van der Waals surface area contributed by atoms with Gasteiger partial charge in [-0.2, -0.15) is 0 Å². The number of primary amides is 1. The number of carbonyl (C=O) groups is 2. The van der Waals surface area contributed by atoms with Crippen LogP contribution in [0.25, 0.3) is 11.3 Å². The minimum absolute atomic E-state index is 0.0524. The molecule has 0 aliphatic carbocycles. The molecule has 2 aromatic carbocycles. The highest BCUT2D eigenvalue weighted by Gasteiger charge is 2.32. The molecule has 0 radical (unpaired) electrons. The molecule has 1 amide bonds. The molecule has 1 aromatic heterocycles. The monoisotopic (exact) mass is 536 g/mol. The van der Waals surface area contributed by atoms with Crippen LogP contribution in [0.3, 0.4) is 0 Å². The van der Waals surface area contributed by atoms with Gasteiger partial charge in [0.1, 0.15) is 18.1 Å². The number of aryl methyl sites for hydroxylation is 1. The fourth-order valence-electron chi connectivity index (χ4n) is 3.80. The third kappa shape index (κ3) is 8.30. The van der Waals surface area contributed by atoms with E-state index in [1.165, 1.54) is 6.07 Å². The molecule has 2 heterocycles. The van der Waals surface area contributed by atoms with Gasteiger partial charge in [0.15, 0.2) is 11.6 Å². The third-order valence-corrected chi connectivity index (χ3v) is 5.75. The summed E-state index contributed by atoms with van der Waals surface area (Å²) in [5.74, 6) is -1.97. The van der Waals surface area contributed by atoms with Gasteiger partial charge in [-0.3, -0.25) is 4.79 Å². The number of aldehydes is 1. The van der Waals surface area contributed by atoms with Crippen LogP contribution in [0, 0.1) is 5.82 Å². The van der Waals surface area contributed by atoms with Crippen molar-refractivity contribution in [3.05, 3.63) is 65.9 Å². The van der Waals surface area contributed by atoms with E-state index < -0.39 is 23.8 Å². The van der Waals surface area contributed by atoms with Crippen LogP contribution < -0.4 is 15.2 Å². The van der Waals surface area contributed by atoms with Crippen LogP contribution in [-0.2, 0) is 18.3 Å². The lowest BCUT2D eigenvalue weighted by Crippen LogP contribution is -2.36. The van der Waals surface area contributed by atoms with Crippen molar-refractivity contribution >= 4 is 12.2 Å². The zero-order chi connectivity index (χ0) is 27.9. The molecule has 2 N–H and O–H groups in total. The Kier molecular flexibility index (Phi) is 9.45. The van der Waals surface area contributed by atoms with Gasteiger partial charge in [0, 0.05) is 38.3 Å². The van der Waals surface area contributed by atoms with Crippen LogP contribution in [-0.4, -0.2) is 59.2 Å². The van der Waals surface area contributed by atoms with Crippen molar-refractivity contribution in [2.75, 3.05) is 20.1 Å². The Bertz CT molecular complexity index is 1250. The largest absolute Gasteiger partial charge is 0.573 e. The van der Waals surface area contributed by atoms with Gasteiger partial charge in [0.2, 0.25) is 0 Å². The fraction of sp³-hybridized carbons (Fsp3) is 0.346. The van der Waals surface area contributed by atoms with E-state index in [2.05, 4.69) is 21.7 Å². The zero-order valence-corrected chi connectivity index (χ0v) is 20.9. The van der Waals surface area contributed by atoms with E-state index in [4.69, 9.17) is 10.5 Å². The van der Waals surface area contributed by atoms with Crippen LogP contribution in [0.2, 0.25) is 0 Å². The van der Waals surface area contributed by atoms with Crippen LogP contribution in [0.15, 0.2) is 48.9 Å². The van der Waals surface area contributed by atoms with Crippen molar-refractivity contribution < 1.29 is 36.6 Å². The van der Waals surface area contributed by atoms with Gasteiger partial charge in [0.05, 0.1) is 17.6 Å². The SMILES string of the molecule is CN1CCC(Oc2ccc(-c3cn(C)cn3)cc2C(N)=O)CC1.O=CCc1ccc(OC(F)(F)F)c(F)c1. The number of piperidine rings is 1. The topological polar surface area (TPSA) is 99.7 Å². The summed E-state index contributed by atoms with van der Waals surface area (Å²) in [6.07, 6.45) is 1.22. The summed E-state index contributed by atoms with van der Waals surface area (Å²) in [5.41, 5.74) is 7.90. The summed E-state index contributed by atoms with van der Waals surface area (Å²) < 4.78 is 59.4. The number of ether oxygens (including phenoxy) is 2. The van der Waals surface area contributed by atoms with E-state index in [0.717, 1.165) is 49.3 Å².